The highest BCUT2D eigenvalue weighted by atomic mass is 32.1. The molecule has 31 heavy (non-hydrogen) atoms. The lowest BCUT2D eigenvalue weighted by Crippen LogP contribution is -2.23. The zero-order valence-electron chi connectivity index (χ0n) is 17.5. The van der Waals surface area contributed by atoms with E-state index in [0.717, 1.165) is 23.3 Å². The van der Waals surface area contributed by atoms with Crippen LogP contribution in [0.4, 0.5) is 0 Å². The first kappa shape index (κ1) is 21.0. The van der Waals surface area contributed by atoms with Gasteiger partial charge in [-0.2, -0.15) is 9.50 Å². The van der Waals surface area contributed by atoms with E-state index in [9.17, 15) is 4.79 Å². The van der Waals surface area contributed by atoms with Gasteiger partial charge in [-0.1, -0.05) is 92.1 Å². The maximum atomic E-state index is 12.8. The highest BCUT2D eigenvalue weighted by molar-refractivity contribution is 7.15. The van der Waals surface area contributed by atoms with Crippen molar-refractivity contribution in [3.8, 4) is 5.75 Å². The largest absolute Gasteiger partial charge is 0.493 e. The molecule has 0 saturated carbocycles. The first-order chi connectivity index (χ1) is 15.2. The highest BCUT2D eigenvalue weighted by Crippen LogP contribution is 2.19. The fraction of sp³-hybridized carbons (Fsp3) is 0.240. The molecule has 0 aliphatic carbocycles. The van der Waals surface area contributed by atoms with Crippen molar-refractivity contribution in [2.45, 2.75) is 32.6 Å². The van der Waals surface area contributed by atoms with Gasteiger partial charge in [0.25, 0.3) is 5.56 Å². The third kappa shape index (κ3) is 5.27. The van der Waals surface area contributed by atoms with E-state index in [1.807, 2.05) is 72.8 Å². The van der Waals surface area contributed by atoms with Crippen LogP contribution in [0.5, 0.6) is 5.75 Å². The smallest absolute Gasteiger partial charge is 0.291 e. The number of hydrogen-bond acceptors (Lipinski definition) is 5. The normalized spacial score (nSPS) is 12.2. The van der Waals surface area contributed by atoms with Crippen LogP contribution in [-0.2, 0) is 0 Å². The molecule has 0 atom stereocenters. The fourth-order valence-electron chi connectivity index (χ4n) is 3.24. The van der Waals surface area contributed by atoms with Gasteiger partial charge in [-0.05, 0) is 30.2 Å². The van der Waals surface area contributed by atoms with Gasteiger partial charge in [-0.25, -0.2) is 0 Å². The second-order valence-electron chi connectivity index (χ2n) is 7.27. The summed E-state index contributed by atoms with van der Waals surface area (Å²) < 4.78 is 7.93. The summed E-state index contributed by atoms with van der Waals surface area (Å²) in [4.78, 5) is 17.9. The number of rotatable bonds is 9. The number of aromatic nitrogens is 3. The summed E-state index contributed by atoms with van der Waals surface area (Å²) in [6.07, 6.45) is 10.2. The van der Waals surface area contributed by atoms with E-state index in [0.29, 0.717) is 21.9 Å². The molecule has 5 nitrogen and oxygen atoms in total. The molecule has 158 valence electrons. The number of thiazole rings is 1. The molecular weight excluding hydrogens is 406 g/mol. The van der Waals surface area contributed by atoms with Crippen LogP contribution in [0, 0.1) is 0 Å². The van der Waals surface area contributed by atoms with Gasteiger partial charge in [0.1, 0.15) is 5.75 Å². The van der Waals surface area contributed by atoms with Gasteiger partial charge in [0.15, 0.2) is 5.82 Å². The van der Waals surface area contributed by atoms with Crippen LogP contribution in [0.15, 0.2) is 59.4 Å². The molecule has 0 aliphatic heterocycles. The molecule has 0 aliphatic rings. The van der Waals surface area contributed by atoms with Crippen LogP contribution in [0.1, 0.15) is 49.6 Å². The molecule has 0 spiro atoms. The molecule has 0 saturated heterocycles. The molecule has 0 unspecified atom stereocenters. The lowest BCUT2D eigenvalue weighted by Gasteiger charge is -2.08. The third-order valence-corrected chi connectivity index (χ3v) is 5.84. The average Bonchev–Trinajstić information content (AvgIpc) is 3.32. The molecule has 2 heterocycles. The topological polar surface area (TPSA) is 56.5 Å². The number of fused-ring (bicyclic) bond motifs is 1. The zero-order chi connectivity index (χ0) is 21.5. The molecule has 0 amide bonds. The molecule has 0 fully saturated rings. The van der Waals surface area contributed by atoms with Gasteiger partial charge >= 0.3 is 0 Å². The average molecular weight is 432 g/mol. The van der Waals surface area contributed by atoms with Crippen LogP contribution in [0.2, 0.25) is 0 Å². The van der Waals surface area contributed by atoms with E-state index < -0.39 is 0 Å². The highest BCUT2D eigenvalue weighted by Gasteiger charge is 2.10. The summed E-state index contributed by atoms with van der Waals surface area (Å²) in [5.74, 6) is 1.32. The first-order valence-corrected chi connectivity index (χ1v) is 11.4. The number of benzene rings is 2. The number of ether oxygens (including phenoxy) is 1. The Kier molecular flexibility index (Phi) is 6.89. The number of unbranched alkanes of at least 4 members (excludes halogenated alkanes) is 3. The van der Waals surface area contributed by atoms with Crippen molar-refractivity contribution >= 4 is 34.5 Å². The predicted molar refractivity (Wildman–Crippen MR) is 127 cm³/mol. The number of nitrogens with zero attached hydrogens (tertiary/aromatic N) is 3. The molecule has 4 rings (SSSR count). The molecule has 0 bridgehead atoms. The zero-order valence-corrected chi connectivity index (χ0v) is 18.3. The van der Waals surface area contributed by atoms with Crippen molar-refractivity contribution in [2.75, 3.05) is 6.61 Å². The summed E-state index contributed by atoms with van der Waals surface area (Å²) in [6, 6.07) is 17.7. The van der Waals surface area contributed by atoms with Gasteiger partial charge in [0, 0.05) is 5.56 Å². The van der Waals surface area contributed by atoms with Crippen molar-refractivity contribution in [1.82, 2.24) is 14.6 Å². The quantitative estimate of drug-likeness (QED) is 0.356. The van der Waals surface area contributed by atoms with Crippen molar-refractivity contribution in [3.63, 3.8) is 0 Å². The SMILES string of the molecule is CCCCCCOc1ccccc1/C=c1\sc2nc(/C=C/c3ccccc3)nn2c1=O. The summed E-state index contributed by atoms with van der Waals surface area (Å²) >= 11 is 1.34. The Bertz CT molecular complexity index is 1280. The molecule has 2 aromatic heterocycles. The third-order valence-electron chi connectivity index (χ3n) is 4.88. The van der Waals surface area contributed by atoms with E-state index in [4.69, 9.17) is 4.74 Å². The van der Waals surface area contributed by atoms with E-state index in [1.165, 1.54) is 35.1 Å². The van der Waals surface area contributed by atoms with Crippen molar-refractivity contribution in [3.05, 3.63) is 86.4 Å². The van der Waals surface area contributed by atoms with Gasteiger partial charge in [-0.3, -0.25) is 4.79 Å². The molecule has 0 N–H and O–H groups in total. The minimum Gasteiger partial charge on any atom is -0.493 e. The van der Waals surface area contributed by atoms with Gasteiger partial charge in [0.05, 0.1) is 11.1 Å². The second-order valence-corrected chi connectivity index (χ2v) is 8.28. The van der Waals surface area contributed by atoms with Crippen LogP contribution in [0.3, 0.4) is 0 Å². The monoisotopic (exact) mass is 431 g/mol. The van der Waals surface area contributed by atoms with Crippen LogP contribution in [-0.4, -0.2) is 21.2 Å². The van der Waals surface area contributed by atoms with Crippen LogP contribution >= 0.6 is 11.3 Å². The maximum absolute atomic E-state index is 12.8. The Labute approximate surface area is 185 Å². The Morgan fingerprint density at radius 2 is 1.81 bits per heavy atom. The molecule has 6 heteroatoms. The molecular formula is C25H25N3O2S. The lowest BCUT2D eigenvalue weighted by molar-refractivity contribution is 0.304. The van der Waals surface area contributed by atoms with Gasteiger partial charge in [0.2, 0.25) is 4.96 Å². The first-order valence-electron chi connectivity index (χ1n) is 10.6. The van der Waals surface area contributed by atoms with Crippen molar-refractivity contribution in [1.29, 1.82) is 0 Å². The fourth-order valence-corrected chi connectivity index (χ4v) is 4.14. The number of para-hydroxylation sites is 1. The summed E-state index contributed by atoms with van der Waals surface area (Å²) in [7, 11) is 0. The molecule has 0 radical (unpaired) electrons. The van der Waals surface area contributed by atoms with E-state index in [-0.39, 0.29) is 5.56 Å². The van der Waals surface area contributed by atoms with Crippen molar-refractivity contribution in [2.24, 2.45) is 0 Å². The van der Waals surface area contributed by atoms with Gasteiger partial charge < -0.3 is 4.74 Å². The lowest BCUT2D eigenvalue weighted by atomic mass is 10.2. The maximum Gasteiger partial charge on any atom is 0.291 e. The molecule has 4 aromatic rings. The van der Waals surface area contributed by atoms with E-state index in [1.54, 1.807) is 0 Å². The Morgan fingerprint density at radius 3 is 2.61 bits per heavy atom. The Balaban J connectivity index is 1.55. The minimum absolute atomic E-state index is 0.162. The standard InChI is InChI=1S/C25H25N3O2S/c1-2-3-4-10-17-30-21-14-9-8-13-20(21)18-22-24(29)28-25(31-22)26-23(27-28)16-15-19-11-6-5-7-12-19/h5-9,11-16,18H,2-4,10,17H2,1H3/b16-15+,22-18-. The Morgan fingerprint density at radius 1 is 1.00 bits per heavy atom. The van der Waals surface area contributed by atoms with Crippen LogP contribution in [0.25, 0.3) is 23.2 Å². The molecule has 2 aromatic carbocycles. The summed E-state index contributed by atoms with van der Waals surface area (Å²) in [5.41, 5.74) is 1.79. The predicted octanol–water partition coefficient (Wildman–Crippen LogP) is 4.83. The summed E-state index contributed by atoms with van der Waals surface area (Å²) in [6.45, 7) is 2.88. The minimum atomic E-state index is -0.162. The van der Waals surface area contributed by atoms with E-state index in [2.05, 4.69) is 17.0 Å². The van der Waals surface area contributed by atoms with E-state index >= 15 is 0 Å². The Hall–Kier alpha value is -3.25. The summed E-state index contributed by atoms with van der Waals surface area (Å²) in [5, 5.41) is 4.36. The van der Waals surface area contributed by atoms with Crippen molar-refractivity contribution < 1.29 is 4.74 Å². The second kappa shape index (κ2) is 10.2. The van der Waals surface area contributed by atoms with Gasteiger partial charge in [-0.15, -0.1) is 5.10 Å². The number of hydrogen-bond donors (Lipinski definition) is 0. The van der Waals surface area contributed by atoms with Crippen LogP contribution < -0.4 is 14.8 Å².